The van der Waals surface area contributed by atoms with Gasteiger partial charge in [-0.1, -0.05) is 163 Å². The molecule has 0 bridgehead atoms. The summed E-state index contributed by atoms with van der Waals surface area (Å²) in [5.41, 5.74) is 15.8. The molecule has 4 heteroatoms. The van der Waals surface area contributed by atoms with Crippen LogP contribution in [-0.2, 0) is 5.41 Å². The van der Waals surface area contributed by atoms with E-state index in [9.17, 15) is 0 Å². The molecule has 1 aliphatic heterocycles. The summed E-state index contributed by atoms with van der Waals surface area (Å²) in [7, 11) is 0. The zero-order valence-electron chi connectivity index (χ0n) is 32.0. The number of nitrogens with zero attached hydrogens (tertiary/aromatic N) is 1. The van der Waals surface area contributed by atoms with Gasteiger partial charge in [0, 0.05) is 54.1 Å². The van der Waals surface area contributed by atoms with Crippen LogP contribution in [0.25, 0.3) is 44.2 Å². The van der Waals surface area contributed by atoms with Crippen molar-refractivity contribution in [2.24, 2.45) is 0 Å². The lowest BCUT2D eigenvalue weighted by molar-refractivity contribution is 0.657. The van der Waals surface area contributed by atoms with Gasteiger partial charge in [0.15, 0.2) is 0 Å². The smallest absolute Gasteiger partial charge is 0.139 e. The number of hydrogen-bond donors (Lipinski definition) is 0. The topological polar surface area (TPSA) is 16.4 Å². The second-order valence-electron chi connectivity index (χ2n) is 15.7. The molecule has 1 atom stereocenters. The Bertz CT molecular complexity index is 3170. The number of fused-ring (bicyclic) bond motifs is 12. The average Bonchev–Trinajstić information content (AvgIpc) is 3.81. The SMILES string of the molecule is Clc1ccc2c(c1)C1(c3ccc(N(c4cccc(-c5ccccc5)c4)c4cc(C5C=CC=CC5)c5oc6ccccc6c5c4)cc3S2)c2ccccc2-c2ccccc21. The van der Waals surface area contributed by atoms with Crippen molar-refractivity contribution in [3.8, 4) is 22.3 Å². The van der Waals surface area contributed by atoms with Gasteiger partial charge in [-0.2, -0.15) is 0 Å². The van der Waals surface area contributed by atoms with E-state index in [0.29, 0.717) is 0 Å². The molecule has 1 aromatic heterocycles. The monoisotopic (exact) mass is 793 g/mol. The third-order valence-corrected chi connectivity index (χ3v) is 13.9. The van der Waals surface area contributed by atoms with E-state index in [0.717, 1.165) is 50.4 Å². The highest BCUT2D eigenvalue weighted by Gasteiger charge is 2.50. The molecule has 0 amide bonds. The van der Waals surface area contributed by atoms with Gasteiger partial charge in [0.1, 0.15) is 11.2 Å². The Morgan fingerprint density at radius 1 is 0.542 bits per heavy atom. The van der Waals surface area contributed by atoms with Gasteiger partial charge in [0.2, 0.25) is 0 Å². The van der Waals surface area contributed by atoms with Crippen LogP contribution in [0.5, 0.6) is 0 Å². The van der Waals surface area contributed by atoms with Crippen LogP contribution in [0.15, 0.2) is 214 Å². The van der Waals surface area contributed by atoms with E-state index in [1.165, 1.54) is 59.9 Å². The third-order valence-electron chi connectivity index (χ3n) is 12.5. The van der Waals surface area contributed by atoms with Crippen molar-refractivity contribution in [3.63, 3.8) is 0 Å². The molecule has 9 aromatic rings. The second kappa shape index (κ2) is 13.5. The molecule has 1 unspecified atom stereocenters. The number of benzene rings is 8. The zero-order chi connectivity index (χ0) is 39.1. The Morgan fingerprint density at radius 2 is 1.29 bits per heavy atom. The first kappa shape index (κ1) is 34.5. The summed E-state index contributed by atoms with van der Waals surface area (Å²) in [5, 5.41) is 2.99. The molecule has 2 nitrogen and oxygen atoms in total. The van der Waals surface area contributed by atoms with Crippen LogP contribution in [0.1, 0.15) is 40.2 Å². The molecule has 59 heavy (non-hydrogen) atoms. The normalized spacial score (nSPS) is 15.6. The fraction of sp³-hybridized carbons (Fsp3) is 0.0545. The molecule has 1 spiro atoms. The quantitative estimate of drug-likeness (QED) is 0.173. The third kappa shape index (κ3) is 5.28. The highest BCUT2D eigenvalue weighted by atomic mass is 35.5. The van der Waals surface area contributed by atoms with Crippen LogP contribution in [-0.4, -0.2) is 0 Å². The highest BCUT2D eigenvalue weighted by Crippen LogP contribution is 2.63. The summed E-state index contributed by atoms with van der Waals surface area (Å²) < 4.78 is 6.70. The Hall–Kier alpha value is -6.52. The average molecular weight is 794 g/mol. The van der Waals surface area contributed by atoms with Crippen LogP contribution < -0.4 is 4.90 Å². The Morgan fingerprint density at radius 3 is 2.10 bits per heavy atom. The van der Waals surface area contributed by atoms with E-state index in [2.05, 4.69) is 199 Å². The van der Waals surface area contributed by atoms with Gasteiger partial charge in [0.25, 0.3) is 0 Å². The maximum Gasteiger partial charge on any atom is 0.139 e. The van der Waals surface area contributed by atoms with Crippen molar-refractivity contribution in [3.05, 3.63) is 233 Å². The van der Waals surface area contributed by atoms with Crippen LogP contribution in [0.4, 0.5) is 17.1 Å². The minimum atomic E-state index is -0.521. The number of para-hydroxylation sites is 1. The Labute approximate surface area is 352 Å². The summed E-state index contributed by atoms with van der Waals surface area (Å²) in [6.45, 7) is 0. The fourth-order valence-electron chi connectivity index (χ4n) is 9.96. The van der Waals surface area contributed by atoms with Crippen molar-refractivity contribution >= 4 is 62.4 Å². The molecule has 12 rings (SSSR count). The lowest BCUT2D eigenvalue weighted by Gasteiger charge is -2.40. The molecule has 0 saturated carbocycles. The van der Waals surface area contributed by atoms with E-state index in [4.69, 9.17) is 16.0 Å². The molecule has 0 saturated heterocycles. The predicted octanol–water partition coefficient (Wildman–Crippen LogP) is 15.8. The van der Waals surface area contributed by atoms with Crippen LogP contribution in [0.2, 0.25) is 5.02 Å². The molecular weight excluding hydrogens is 758 g/mol. The molecule has 0 fully saturated rings. The fourth-order valence-corrected chi connectivity index (χ4v) is 11.3. The highest BCUT2D eigenvalue weighted by molar-refractivity contribution is 7.99. The summed E-state index contributed by atoms with van der Waals surface area (Å²) >= 11 is 8.72. The molecule has 280 valence electrons. The van der Waals surface area contributed by atoms with Gasteiger partial charge >= 0.3 is 0 Å². The maximum absolute atomic E-state index is 6.89. The molecule has 0 radical (unpaired) electrons. The van der Waals surface area contributed by atoms with Crippen molar-refractivity contribution in [2.75, 3.05) is 4.90 Å². The lowest BCUT2D eigenvalue weighted by atomic mass is 9.67. The van der Waals surface area contributed by atoms with Crippen molar-refractivity contribution in [1.82, 2.24) is 0 Å². The number of hydrogen-bond acceptors (Lipinski definition) is 3. The van der Waals surface area contributed by atoms with Gasteiger partial charge in [-0.25, -0.2) is 0 Å². The summed E-state index contributed by atoms with van der Waals surface area (Å²) in [6, 6.07) is 64.1. The number of halogens is 1. The van der Waals surface area contributed by atoms with Crippen molar-refractivity contribution in [2.45, 2.75) is 27.5 Å². The molecule has 3 aliphatic rings. The summed E-state index contributed by atoms with van der Waals surface area (Å²) in [5.74, 6) is 0.185. The number of furan rings is 1. The van der Waals surface area contributed by atoms with Gasteiger partial charge in [-0.15, -0.1) is 0 Å². The maximum atomic E-state index is 6.89. The number of rotatable bonds is 5. The summed E-state index contributed by atoms with van der Waals surface area (Å²) in [4.78, 5) is 4.89. The van der Waals surface area contributed by atoms with E-state index >= 15 is 0 Å². The lowest BCUT2D eigenvalue weighted by Crippen LogP contribution is -2.32. The standard InChI is InChI=1S/C55H36ClNOS/c56-38-26-29-52-50(31-38)55(47-23-10-7-20-42(47)43-21-8-11-24-48(43)55)49-28-27-40(34-53(49)59-52)57(39-19-13-18-37(30-39)35-14-3-1-4-15-35)41-32-45(36-16-5-2-6-17-36)54-46(33-41)44-22-9-12-25-51(44)58-54/h1-16,18-34,36H,17H2. The van der Waals surface area contributed by atoms with E-state index in [1.54, 1.807) is 0 Å². The molecule has 2 heterocycles. The number of allylic oxidation sites excluding steroid dienone is 4. The first-order valence-electron chi connectivity index (χ1n) is 20.2. The van der Waals surface area contributed by atoms with E-state index < -0.39 is 5.41 Å². The minimum absolute atomic E-state index is 0.185. The predicted molar refractivity (Wildman–Crippen MR) is 246 cm³/mol. The minimum Gasteiger partial charge on any atom is -0.456 e. The van der Waals surface area contributed by atoms with Gasteiger partial charge < -0.3 is 9.32 Å². The zero-order valence-corrected chi connectivity index (χ0v) is 33.6. The van der Waals surface area contributed by atoms with Crippen LogP contribution in [0.3, 0.4) is 0 Å². The molecule has 0 N–H and O–H groups in total. The van der Waals surface area contributed by atoms with E-state index in [-0.39, 0.29) is 5.92 Å². The van der Waals surface area contributed by atoms with Crippen LogP contribution >= 0.6 is 23.4 Å². The van der Waals surface area contributed by atoms with Gasteiger partial charge in [0.05, 0.1) is 5.41 Å². The van der Waals surface area contributed by atoms with Crippen molar-refractivity contribution in [1.29, 1.82) is 0 Å². The molecule has 2 aliphatic carbocycles. The van der Waals surface area contributed by atoms with Gasteiger partial charge in [-0.05, 0) is 112 Å². The number of anilines is 3. The van der Waals surface area contributed by atoms with Gasteiger partial charge in [-0.3, -0.25) is 0 Å². The molecule has 8 aromatic carbocycles. The second-order valence-corrected chi connectivity index (χ2v) is 17.2. The first-order chi connectivity index (χ1) is 29.1. The Balaban J connectivity index is 1.12. The van der Waals surface area contributed by atoms with Crippen molar-refractivity contribution < 1.29 is 4.42 Å². The summed E-state index contributed by atoms with van der Waals surface area (Å²) in [6.07, 6.45) is 9.79. The van der Waals surface area contributed by atoms with E-state index in [1.807, 2.05) is 17.8 Å². The molecular formula is C55H36ClNOS. The first-order valence-corrected chi connectivity index (χ1v) is 21.4. The van der Waals surface area contributed by atoms with Crippen LogP contribution in [0, 0.1) is 0 Å². The largest absolute Gasteiger partial charge is 0.456 e. The Kier molecular flexibility index (Phi) is 7.91.